The van der Waals surface area contributed by atoms with Crippen molar-refractivity contribution >= 4 is 12.0 Å². The van der Waals surface area contributed by atoms with Crippen molar-refractivity contribution in [3.05, 3.63) is 35.9 Å². The SMILES string of the molecule is O=C(C[C@H](CO)N(Cc1ccccc1)C(=O)O)N1CCOCC1. The molecule has 2 rings (SSSR count). The normalized spacial score (nSPS) is 16.0. The number of carbonyl (C=O) groups is 2. The van der Waals surface area contributed by atoms with Crippen molar-refractivity contribution in [2.45, 2.75) is 19.0 Å². The van der Waals surface area contributed by atoms with E-state index in [1.807, 2.05) is 30.3 Å². The molecule has 1 atom stereocenters. The Morgan fingerprint density at radius 1 is 1.22 bits per heavy atom. The summed E-state index contributed by atoms with van der Waals surface area (Å²) in [6.07, 6.45) is -1.18. The van der Waals surface area contributed by atoms with Gasteiger partial charge < -0.3 is 19.8 Å². The maximum absolute atomic E-state index is 12.3. The maximum atomic E-state index is 12.3. The van der Waals surface area contributed by atoms with Crippen LogP contribution in [0.3, 0.4) is 0 Å². The van der Waals surface area contributed by atoms with Gasteiger partial charge in [0.1, 0.15) is 0 Å². The van der Waals surface area contributed by atoms with Crippen LogP contribution >= 0.6 is 0 Å². The highest BCUT2D eigenvalue weighted by Crippen LogP contribution is 2.13. The fraction of sp³-hybridized carbons (Fsp3) is 0.500. The summed E-state index contributed by atoms with van der Waals surface area (Å²) < 4.78 is 5.20. The summed E-state index contributed by atoms with van der Waals surface area (Å²) in [6.45, 7) is 1.73. The van der Waals surface area contributed by atoms with E-state index in [1.165, 1.54) is 0 Å². The monoisotopic (exact) mass is 322 g/mol. The number of hydrogen-bond donors (Lipinski definition) is 2. The van der Waals surface area contributed by atoms with Crippen LogP contribution in [0.15, 0.2) is 30.3 Å². The third-order valence-corrected chi connectivity index (χ3v) is 3.87. The lowest BCUT2D eigenvalue weighted by Gasteiger charge is -2.31. The van der Waals surface area contributed by atoms with Gasteiger partial charge in [0.2, 0.25) is 5.91 Å². The number of carboxylic acid groups (broad SMARTS) is 1. The molecule has 1 aromatic carbocycles. The van der Waals surface area contributed by atoms with Crippen LogP contribution in [0.1, 0.15) is 12.0 Å². The molecule has 0 unspecified atom stereocenters. The highest BCUT2D eigenvalue weighted by atomic mass is 16.5. The Hall–Kier alpha value is -2.12. The van der Waals surface area contributed by atoms with Gasteiger partial charge in [-0.15, -0.1) is 0 Å². The number of hydrogen-bond acceptors (Lipinski definition) is 4. The van der Waals surface area contributed by atoms with Crippen molar-refractivity contribution in [2.75, 3.05) is 32.9 Å². The lowest BCUT2D eigenvalue weighted by atomic mass is 10.1. The molecule has 2 amide bonds. The number of aliphatic hydroxyl groups is 1. The first kappa shape index (κ1) is 17.2. The molecule has 126 valence electrons. The number of carbonyl (C=O) groups excluding carboxylic acids is 1. The van der Waals surface area contributed by atoms with Crippen LogP contribution in [0.4, 0.5) is 4.79 Å². The molecule has 1 heterocycles. The minimum absolute atomic E-state index is 0.0321. The van der Waals surface area contributed by atoms with E-state index in [0.717, 1.165) is 10.5 Å². The van der Waals surface area contributed by atoms with E-state index in [4.69, 9.17) is 4.74 Å². The second kappa shape index (κ2) is 8.50. The molecular weight excluding hydrogens is 300 g/mol. The van der Waals surface area contributed by atoms with E-state index in [9.17, 15) is 19.8 Å². The van der Waals surface area contributed by atoms with Gasteiger partial charge in [0.05, 0.1) is 25.9 Å². The Labute approximate surface area is 135 Å². The van der Waals surface area contributed by atoms with Gasteiger partial charge in [0.25, 0.3) is 0 Å². The first-order valence-electron chi connectivity index (χ1n) is 7.61. The van der Waals surface area contributed by atoms with Crippen molar-refractivity contribution in [3.8, 4) is 0 Å². The Bertz CT molecular complexity index is 516. The van der Waals surface area contributed by atoms with Crippen LogP contribution in [0.25, 0.3) is 0 Å². The molecule has 7 heteroatoms. The average Bonchev–Trinajstić information content (AvgIpc) is 2.59. The van der Waals surface area contributed by atoms with Gasteiger partial charge in [-0.1, -0.05) is 30.3 Å². The minimum Gasteiger partial charge on any atom is -0.465 e. The van der Waals surface area contributed by atoms with E-state index in [2.05, 4.69) is 0 Å². The van der Waals surface area contributed by atoms with Crippen LogP contribution in [0.2, 0.25) is 0 Å². The summed E-state index contributed by atoms with van der Waals surface area (Å²) in [5.41, 5.74) is 0.812. The van der Waals surface area contributed by atoms with Crippen LogP contribution in [0, 0.1) is 0 Å². The molecular formula is C16H22N2O5. The summed E-state index contributed by atoms with van der Waals surface area (Å²) in [6, 6.07) is 8.36. The van der Waals surface area contributed by atoms with Gasteiger partial charge in [0.15, 0.2) is 0 Å². The minimum atomic E-state index is -1.15. The van der Waals surface area contributed by atoms with Crippen LogP contribution < -0.4 is 0 Å². The molecule has 1 saturated heterocycles. The van der Waals surface area contributed by atoms with Crippen molar-refractivity contribution in [1.29, 1.82) is 0 Å². The van der Waals surface area contributed by atoms with Gasteiger partial charge in [-0.05, 0) is 5.56 Å². The molecule has 1 aromatic rings. The Balaban J connectivity index is 2.02. The van der Waals surface area contributed by atoms with Gasteiger partial charge in [-0.25, -0.2) is 4.79 Å². The number of rotatable bonds is 6. The number of morpholine rings is 1. The van der Waals surface area contributed by atoms with E-state index in [0.29, 0.717) is 26.3 Å². The van der Waals surface area contributed by atoms with Crippen molar-refractivity contribution in [2.24, 2.45) is 0 Å². The summed E-state index contributed by atoms with van der Waals surface area (Å²) in [4.78, 5) is 26.6. The quantitative estimate of drug-likeness (QED) is 0.807. The smallest absolute Gasteiger partial charge is 0.407 e. The number of nitrogens with zero attached hydrogens (tertiary/aromatic N) is 2. The number of benzene rings is 1. The molecule has 0 aromatic heterocycles. The standard InChI is InChI=1S/C16H22N2O5/c19-12-14(10-15(20)17-6-8-23-9-7-17)18(16(21)22)11-13-4-2-1-3-5-13/h1-5,14,19H,6-12H2,(H,21,22)/t14-/m1/s1. The second-order valence-corrected chi connectivity index (χ2v) is 5.43. The van der Waals surface area contributed by atoms with Gasteiger partial charge in [-0.2, -0.15) is 0 Å². The second-order valence-electron chi connectivity index (χ2n) is 5.43. The zero-order valence-corrected chi connectivity index (χ0v) is 12.9. The van der Waals surface area contributed by atoms with Gasteiger partial charge in [0, 0.05) is 26.1 Å². The predicted octanol–water partition coefficient (Wildman–Crippen LogP) is 0.776. The van der Waals surface area contributed by atoms with Crippen molar-refractivity contribution in [1.82, 2.24) is 9.80 Å². The van der Waals surface area contributed by atoms with E-state index in [-0.39, 0.29) is 18.9 Å². The predicted molar refractivity (Wildman–Crippen MR) is 82.9 cm³/mol. The Morgan fingerprint density at radius 2 is 1.87 bits per heavy atom. The highest BCUT2D eigenvalue weighted by molar-refractivity contribution is 5.77. The average molecular weight is 322 g/mol. The fourth-order valence-electron chi connectivity index (χ4n) is 2.55. The number of ether oxygens (including phenoxy) is 1. The molecule has 0 spiro atoms. The largest absolute Gasteiger partial charge is 0.465 e. The molecule has 2 N–H and O–H groups in total. The van der Waals surface area contributed by atoms with E-state index < -0.39 is 18.7 Å². The summed E-state index contributed by atoms with van der Waals surface area (Å²) in [5, 5.41) is 19.0. The van der Waals surface area contributed by atoms with Crippen molar-refractivity contribution in [3.63, 3.8) is 0 Å². The molecule has 23 heavy (non-hydrogen) atoms. The third-order valence-electron chi connectivity index (χ3n) is 3.87. The molecule has 0 bridgehead atoms. The molecule has 7 nitrogen and oxygen atoms in total. The van der Waals surface area contributed by atoms with Gasteiger partial charge in [-0.3, -0.25) is 9.69 Å². The maximum Gasteiger partial charge on any atom is 0.407 e. The third kappa shape index (κ3) is 4.94. The summed E-state index contributed by atoms with van der Waals surface area (Å²) in [7, 11) is 0. The zero-order chi connectivity index (χ0) is 16.7. The first-order valence-corrected chi connectivity index (χ1v) is 7.61. The summed E-state index contributed by atoms with van der Waals surface area (Å²) in [5.74, 6) is -0.160. The molecule has 0 radical (unpaired) electrons. The lowest BCUT2D eigenvalue weighted by Crippen LogP contribution is -2.47. The highest BCUT2D eigenvalue weighted by Gasteiger charge is 2.28. The van der Waals surface area contributed by atoms with Gasteiger partial charge >= 0.3 is 6.09 Å². The lowest BCUT2D eigenvalue weighted by molar-refractivity contribution is -0.136. The number of aliphatic hydroxyl groups excluding tert-OH is 1. The Kier molecular flexibility index (Phi) is 6.37. The van der Waals surface area contributed by atoms with E-state index >= 15 is 0 Å². The molecule has 1 aliphatic rings. The van der Waals surface area contributed by atoms with Crippen LogP contribution in [0.5, 0.6) is 0 Å². The molecule has 1 fully saturated rings. The number of amides is 2. The first-order chi connectivity index (χ1) is 11.1. The molecule has 0 aliphatic carbocycles. The van der Waals surface area contributed by atoms with Crippen molar-refractivity contribution < 1.29 is 24.5 Å². The Morgan fingerprint density at radius 3 is 2.43 bits per heavy atom. The van der Waals surface area contributed by atoms with Crippen LogP contribution in [-0.2, 0) is 16.1 Å². The molecule has 1 aliphatic heterocycles. The zero-order valence-electron chi connectivity index (χ0n) is 12.9. The fourth-order valence-corrected chi connectivity index (χ4v) is 2.55. The van der Waals surface area contributed by atoms with E-state index in [1.54, 1.807) is 4.90 Å². The summed E-state index contributed by atoms with van der Waals surface area (Å²) >= 11 is 0. The molecule has 0 saturated carbocycles. The topological polar surface area (TPSA) is 90.3 Å². The van der Waals surface area contributed by atoms with Crippen LogP contribution in [-0.4, -0.2) is 71.0 Å².